The molecule has 8 nitrogen and oxygen atoms in total. The Bertz CT molecular complexity index is 830. The number of nitrogens with one attached hydrogen (secondary N) is 1. The third kappa shape index (κ3) is 3.52. The van der Waals surface area contributed by atoms with Gasteiger partial charge >= 0.3 is 0 Å². The van der Waals surface area contributed by atoms with Crippen LogP contribution in [0.25, 0.3) is 11.6 Å². The van der Waals surface area contributed by atoms with Crippen LogP contribution in [0.15, 0.2) is 53.1 Å². The second kappa shape index (κ2) is 6.76. The SMILES string of the molecule is O=C(Cn1nnc(-c2ccco2)n1)N1CC[C@@H](Nc2ccccc2)C1. The third-order valence-corrected chi connectivity index (χ3v) is 4.16. The summed E-state index contributed by atoms with van der Waals surface area (Å²) >= 11 is 0. The lowest BCUT2D eigenvalue weighted by atomic mass is 10.2. The smallest absolute Gasteiger partial charge is 0.246 e. The van der Waals surface area contributed by atoms with Crippen molar-refractivity contribution >= 4 is 11.6 Å². The largest absolute Gasteiger partial charge is 0.461 e. The Morgan fingerprint density at radius 2 is 2.12 bits per heavy atom. The number of amides is 1. The number of likely N-dealkylation sites (tertiary alicyclic amines) is 1. The van der Waals surface area contributed by atoms with E-state index in [-0.39, 0.29) is 18.5 Å². The first-order chi connectivity index (χ1) is 12.3. The van der Waals surface area contributed by atoms with Gasteiger partial charge < -0.3 is 14.6 Å². The fraction of sp³-hybridized carbons (Fsp3) is 0.294. The highest BCUT2D eigenvalue weighted by atomic mass is 16.3. The van der Waals surface area contributed by atoms with Crippen LogP contribution in [0.3, 0.4) is 0 Å². The molecule has 1 atom stereocenters. The monoisotopic (exact) mass is 338 g/mol. The molecule has 1 saturated heterocycles. The van der Waals surface area contributed by atoms with Crippen LogP contribution in [-0.4, -0.2) is 50.1 Å². The Morgan fingerprint density at radius 3 is 2.92 bits per heavy atom. The van der Waals surface area contributed by atoms with E-state index in [0.29, 0.717) is 18.1 Å². The highest BCUT2D eigenvalue weighted by molar-refractivity contribution is 5.76. The summed E-state index contributed by atoms with van der Waals surface area (Å²) in [5.41, 5.74) is 1.07. The maximum atomic E-state index is 12.5. The quantitative estimate of drug-likeness (QED) is 0.761. The van der Waals surface area contributed by atoms with Gasteiger partial charge in [-0.2, -0.15) is 4.80 Å². The predicted molar refractivity (Wildman–Crippen MR) is 90.6 cm³/mol. The average molecular weight is 338 g/mol. The fourth-order valence-electron chi connectivity index (χ4n) is 2.91. The van der Waals surface area contributed by atoms with E-state index in [4.69, 9.17) is 4.42 Å². The van der Waals surface area contributed by atoms with E-state index in [1.165, 1.54) is 4.80 Å². The highest BCUT2D eigenvalue weighted by Crippen LogP contribution is 2.16. The third-order valence-electron chi connectivity index (χ3n) is 4.16. The van der Waals surface area contributed by atoms with Gasteiger partial charge in [-0.3, -0.25) is 4.79 Å². The number of carbonyl (C=O) groups is 1. The lowest BCUT2D eigenvalue weighted by Gasteiger charge is -2.17. The van der Waals surface area contributed by atoms with E-state index in [1.807, 2.05) is 35.2 Å². The zero-order valence-electron chi connectivity index (χ0n) is 13.6. The molecule has 1 aliphatic heterocycles. The summed E-state index contributed by atoms with van der Waals surface area (Å²) in [6.45, 7) is 1.47. The molecule has 0 aliphatic carbocycles. The number of nitrogens with zero attached hydrogens (tertiary/aromatic N) is 5. The van der Waals surface area contributed by atoms with Crippen molar-refractivity contribution in [3.05, 3.63) is 48.7 Å². The predicted octanol–water partition coefficient (Wildman–Crippen LogP) is 1.65. The van der Waals surface area contributed by atoms with Gasteiger partial charge in [0.05, 0.1) is 6.26 Å². The topological polar surface area (TPSA) is 89.1 Å². The van der Waals surface area contributed by atoms with Crippen molar-refractivity contribution in [3.63, 3.8) is 0 Å². The molecule has 25 heavy (non-hydrogen) atoms. The van der Waals surface area contributed by atoms with Crippen molar-refractivity contribution < 1.29 is 9.21 Å². The molecule has 0 saturated carbocycles. The molecule has 1 amide bonds. The molecule has 1 fully saturated rings. The number of hydrogen-bond acceptors (Lipinski definition) is 6. The van der Waals surface area contributed by atoms with Crippen molar-refractivity contribution in [2.75, 3.05) is 18.4 Å². The maximum absolute atomic E-state index is 12.5. The van der Waals surface area contributed by atoms with E-state index in [0.717, 1.165) is 18.7 Å². The van der Waals surface area contributed by atoms with Gasteiger partial charge in [-0.25, -0.2) is 0 Å². The van der Waals surface area contributed by atoms with Crippen LogP contribution in [0, 0.1) is 0 Å². The van der Waals surface area contributed by atoms with Crippen molar-refractivity contribution in [3.8, 4) is 11.6 Å². The van der Waals surface area contributed by atoms with Gasteiger partial charge in [0.15, 0.2) is 5.76 Å². The molecule has 8 heteroatoms. The molecular formula is C17H18N6O2. The zero-order valence-corrected chi connectivity index (χ0v) is 13.6. The van der Waals surface area contributed by atoms with Gasteiger partial charge in [0.25, 0.3) is 0 Å². The summed E-state index contributed by atoms with van der Waals surface area (Å²) < 4.78 is 5.23. The number of benzene rings is 1. The van der Waals surface area contributed by atoms with Crippen LogP contribution < -0.4 is 5.32 Å². The number of rotatable bonds is 5. The van der Waals surface area contributed by atoms with Gasteiger partial charge in [0, 0.05) is 24.8 Å². The Hall–Kier alpha value is -3.16. The number of aromatic nitrogens is 4. The molecule has 3 aromatic rings. The maximum Gasteiger partial charge on any atom is 0.246 e. The summed E-state index contributed by atoms with van der Waals surface area (Å²) in [5, 5.41) is 15.5. The molecule has 0 bridgehead atoms. The number of anilines is 1. The van der Waals surface area contributed by atoms with Crippen molar-refractivity contribution in [1.82, 2.24) is 25.1 Å². The first-order valence-corrected chi connectivity index (χ1v) is 8.19. The van der Waals surface area contributed by atoms with Gasteiger partial charge in [-0.1, -0.05) is 18.2 Å². The Kier molecular flexibility index (Phi) is 4.16. The molecule has 3 heterocycles. The van der Waals surface area contributed by atoms with E-state index in [9.17, 15) is 4.79 Å². The first kappa shape index (κ1) is 15.4. The summed E-state index contributed by atoms with van der Waals surface area (Å²) in [6, 6.07) is 13.8. The standard InChI is InChI=1S/C17H18N6O2/c24-16(12-23-20-17(19-21-23)15-7-4-10-25-15)22-9-8-14(11-22)18-13-5-2-1-3-6-13/h1-7,10,14,18H,8-9,11-12H2/t14-/m1/s1. The lowest BCUT2D eigenvalue weighted by Crippen LogP contribution is -2.34. The molecule has 1 N–H and O–H groups in total. The second-order valence-electron chi connectivity index (χ2n) is 5.96. The van der Waals surface area contributed by atoms with E-state index >= 15 is 0 Å². The molecule has 2 aromatic heterocycles. The molecule has 0 radical (unpaired) electrons. The number of carbonyl (C=O) groups excluding carboxylic acids is 1. The van der Waals surface area contributed by atoms with Gasteiger partial charge in [0.2, 0.25) is 11.7 Å². The minimum Gasteiger partial charge on any atom is -0.461 e. The van der Waals surface area contributed by atoms with Crippen LogP contribution in [0.1, 0.15) is 6.42 Å². The number of furan rings is 1. The molecule has 128 valence electrons. The number of tetrazole rings is 1. The normalized spacial score (nSPS) is 17.0. The van der Waals surface area contributed by atoms with Crippen LogP contribution in [0.4, 0.5) is 5.69 Å². The van der Waals surface area contributed by atoms with E-state index in [1.54, 1.807) is 18.4 Å². The van der Waals surface area contributed by atoms with Crippen molar-refractivity contribution in [2.45, 2.75) is 19.0 Å². The van der Waals surface area contributed by atoms with Crippen LogP contribution in [0.2, 0.25) is 0 Å². The highest BCUT2D eigenvalue weighted by Gasteiger charge is 2.26. The number of hydrogen-bond donors (Lipinski definition) is 1. The fourth-order valence-corrected chi connectivity index (χ4v) is 2.91. The molecule has 0 spiro atoms. The summed E-state index contributed by atoms with van der Waals surface area (Å²) in [5.74, 6) is 0.899. The van der Waals surface area contributed by atoms with Crippen molar-refractivity contribution in [1.29, 1.82) is 0 Å². The molecular weight excluding hydrogens is 320 g/mol. The van der Waals surface area contributed by atoms with Gasteiger partial charge in [0.1, 0.15) is 6.54 Å². The Morgan fingerprint density at radius 1 is 1.24 bits per heavy atom. The number of para-hydroxylation sites is 1. The Balaban J connectivity index is 1.33. The summed E-state index contributed by atoms with van der Waals surface area (Å²) in [6.07, 6.45) is 2.47. The second-order valence-corrected chi connectivity index (χ2v) is 5.96. The van der Waals surface area contributed by atoms with Crippen molar-refractivity contribution in [2.24, 2.45) is 0 Å². The average Bonchev–Trinajstić information content (AvgIpc) is 3.37. The van der Waals surface area contributed by atoms with E-state index in [2.05, 4.69) is 20.7 Å². The van der Waals surface area contributed by atoms with Crippen LogP contribution >= 0.6 is 0 Å². The molecule has 1 aliphatic rings. The van der Waals surface area contributed by atoms with Crippen LogP contribution in [-0.2, 0) is 11.3 Å². The summed E-state index contributed by atoms with van der Waals surface area (Å²) in [4.78, 5) is 15.6. The molecule has 4 rings (SSSR count). The van der Waals surface area contributed by atoms with Gasteiger partial charge in [-0.05, 0) is 35.9 Å². The molecule has 0 unspecified atom stereocenters. The summed E-state index contributed by atoms with van der Waals surface area (Å²) in [7, 11) is 0. The first-order valence-electron chi connectivity index (χ1n) is 8.19. The van der Waals surface area contributed by atoms with Gasteiger partial charge in [-0.15, -0.1) is 10.2 Å². The minimum absolute atomic E-state index is 0.0132. The Labute approximate surface area is 144 Å². The van der Waals surface area contributed by atoms with Crippen LogP contribution in [0.5, 0.6) is 0 Å². The molecule has 1 aromatic carbocycles. The lowest BCUT2D eigenvalue weighted by molar-refractivity contribution is -0.131. The zero-order chi connectivity index (χ0) is 17.1. The van der Waals surface area contributed by atoms with E-state index < -0.39 is 0 Å². The minimum atomic E-state index is -0.0132.